The lowest BCUT2D eigenvalue weighted by atomic mass is 10.1. The molecule has 2 atom stereocenters. The Hall–Kier alpha value is 0.130. The number of amides is 1. The largest absolute Gasteiger partial charge is 0.394 e. The first-order chi connectivity index (χ1) is 7.22. The molecule has 1 aliphatic rings. The van der Waals surface area contributed by atoms with Crippen LogP contribution in [0, 0.1) is 5.92 Å². The number of aliphatic hydroxyl groups is 1. The first kappa shape index (κ1) is 13.2. The summed E-state index contributed by atoms with van der Waals surface area (Å²) in [6.07, 6.45) is 3.51. The Morgan fingerprint density at radius 2 is 2.47 bits per heavy atom. The van der Waals surface area contributed by atoms with Crippen LogP contribution in [0.25, 0.3) is 0 Å². The van der Waals surface area contributed by atoms with Gasteiger partial charge < -0.3 is 10.0 Å². The molecule has 5 heteroatoms. The van der Waals surface area contributed by atoms with Crippen molar-refractivity contribution in [3.63, 3.8) is 0 Å². The second kappa shape index (κ2) is 6.66. The van der Waals surface area contributed by atoms with Crippen molar-refractivity contribution in [2.45, 2.75) is 18.9 Å². The van der Waals surface area contributed by atoms with Crippen molar-refractivity contribution in [1.29, 1.82) is 0 Å². The zero-order valence-electron chi connectivity index (χ0n) is 9.06. The fourth-order valence-electron chi connectivity index (χ4n) is 1.88. The number of carbonyl (C=O) groups is 1. The summed E-state index contributed by atoms with van der Waals surface area (Å²) < 4.78 is 0. The van der Waals surface area contributed by atoms with Crippen molar-refractivity contribution in [3.05, 3.63) is 0 Å². The zero-order chi connectivity index (χ0) is 11.3. The molecule has 3 nitrogen and oxygen atoms in total. The summed E-state index contributed by atoms with van der Waals surface area (Å²) in [7, 11) is 0. The van der Waals surface area contributed by atoms with Gasteiger partial charge in [-0.2, -0.15) is 24.4 Å². The van der Waals surface area contributed by atoms with Crippen LogP contribution in [-0.4, -0.2) is 52.9 Å². The lowest BCUT2D eigenvalue weighted by molar-refractivity contribution is -0.130. The van der Waals surface area contributed by atoms with Crippen molar-refractivity contribution in [3.8, 4) is 0 Å². The molecule has 0 saturated carbocycles. The fourth-order valence-corrected chi connectivity index (χ4v) is 2.64. The smallest absolute Gasteiger partial charge is 0.223 e. The van der Waals surface area contributed by atoms with Crippen LogP contribution >= 0.6 is 24.4 Å². The van der Waals surface area contributed by atoms with E-state index in [9.17, 15) is 9.90 Å². The number of hydrogen-bond donors (Lipinski definition) is 2. The number of carbonyl (C=O) groups excluding carboxylic acids is 1. The van der Waals surface area contributed by atoms with Crippen molar-refractivity contribution < 1.29 is 9.90 Å². The molecule has 0 bridgehead atoms. The Kier molecular flexibility index (Phi) is 5.86. The number of thioether (sulfide) groups is 1. The van der Waals surface area contributed by atoms with E-state index in [1.165, 1.54) is 0 Å². The fraction of sp³-hybridized carbons (Fsp3) is 0.900. The van der Waals surface area contributed by atoms with Gasteiger partial charge in [0.2, 0.25) is 5.91 Å². The molecular weight excluding hydrogens is 230 g/mol. The molecule has 0 aliphatic carbocycles. The van der Waals surface area contributed by atoms with Crippen LogP contribution in [0.4, 0.5) is 0 Å². The quantitative estimate of drug-likeness (QED) is 0.687. The predicted molar refractivity (Wildman–Crippen MR) is 67.5 cm³/mol. The normalized spacial score (nSPS) is 23.5. The van der Waals surface area contributed by atoms with Gasteiger partial charge in [-0.15, -0.1) is 0 Å². The minimum Gasteiger partial charge on any atom is -0.394 e. The molecule has 1 rings (SSSR count). The van der Waals surface area contributed by atoms with Gasteiger partial charge in [-0.1, -0.05) is 0 Å². The first-order valence-corrected chi connectivity index (χ1v) is 7.25. The van der Waals surface area contributed by atoms with Crippen molar-refractivity contribution in [2.75, 3.05) is 30.9 Å². The molecule has 0 spiro atoms. The van der Waals surface area contributed by atoms with Crippen LogP contribution < -0.4 is 0 Å². The molecule has 1 aliphatic heterocycles. The van der Waals surface area contributed by atoms with E-state index < -0.39 is 0 Å². The second-order valence-corrected chi connectivity index (χ2v) is 5.27. The summed E-state index contributed by atoms with van der Waals surface area (Å²) in [5.74, 6) is 2.28. The Morgan fingerprint density at radius 1 is 1.73 bits per heavy atom. The van der Waals surface area contributed by atoms with Gasteiger partial charge in [0.15, 0.2) is 0 Å². The highest BCUT2D eigenvalue weighted by Gasteiger charge is 2.32. The summed E-state index contributed by atoms with van der Waals surface area (Å²) in [6, 6.07) is 0.00910. The number of hydrogen-bond acceptors (Lipinski definition) is 4. The topological polar surface area (TPSA) is 40.5 Å². The van der Waals surface area contributed by atoms with E-state index in [0.717, 1.165) is 24.5 Å². The molecule has 1 fully saturated rings. The van der Waals surface area contributed by atoms with Crippen LogP contribution in [0.2, 0.25) is 0 Å². The van der Waals surface area contributed by atoms with Crippen molar-refractivity contribution in [2.24, 2.45) is 5.92 Å². The highest BCUT2D eigenvalue weighted by Crippen LogP contribution is 2.22. The third-order valence-electron chi connectivity index (χ3n) is 2.80. The summed E-state index contributed by atoms with van der Waals surface area (Å²) in [6.45, 7) is 0.841. The van der Waals surface area contributed by atoms with E-state index in [-0.39, 0.29) is 18.6 Å². The SMILES string of the molecule is CSCC[C@@H](CO)N1CC(CS)CC1=O. The van der Waals surface area contributed by atoms with Gasteiger partial charge in [-0.3, -0.25) is 4.79 Å². The lowest BCUT2D eigenvalue weighted by Crippen LogP contribution is -2.39. The standard InChI is InChI=1S/C10H19NO2S2/c1-15-3-2-9(6-12)11-5-8(7-14)4-10(11)13/h8-9,12,14H,2-7H2,1H3/t8?,9-/m0/s1. The predicted octanol–water partition coefficient (Wildman–Crippen LogP) is 0.879. The molecule has 1 heterocycles. The summed E-state index contributed by atoms with van der Waals surface area (Å²) in [5, 5.41) is 9.27. The van der Waals surface area contributed by atoms with Crippen molar-refractivity contribution in [1.82, 2.24) is 4.90 Å². The highest BCUT2D eigenvalue weighted by molar-refractivity contribution is 7.98. The van der Waals surface area contributed by atoms with E-state index >= 15 is 0 Å². The Bertz CT molecular complexity index is 214. The highest BCUT2D eigenvalue weighted by atomic mass is 32.2. The Balaban J connectivity index is 2.49. The maximum absolute atomic E-state index is 11.7. The van der Waals surface area contributed by atoms with Crippen LogP contribution in [0.15, 0.2) is 0 Å². The molecule has 15 heavy (non-hydrogen) atoms. The number of rotatable bonds is 6. The van der Waals surface area contributed by atoms with E-state index in [1.54, 1.807) is 11.8 Å². The van der Waals surface area contributed by atoms with Gasteiger partial charge in [0.25, 0.3) is 0 Å². The molecule has 0 aromatic heterocycles. The van der Waals surface area contributed by atoms with Crippen LogP contribution in [0.3, 0.4) is 0 Å². The molecule has 88 valence electrons. The summed E-state index contributed by atoms with van der Waals surface area (Å²) in [4.78, 5) is 13.5. The molecule has 1 N–H and O–H groups in total. The van der Waals surface area contributed by atoms with Gasteiger partial charge in [-0.25, -0.2) is 0 Å². The molecular formula is C10H19NO2S2. The van der Waals surface area contributed by atoms with Crippen molar-refractivity contribution >= 4 is 30.3 Å². The van der Waals surface area contributed by atoms with Crippen LogP contribution in [-0.2, 0) is 4.79 Å². The van der Waals surface area contributed by atoms with Crippen LogP contribution in [0.1, 0.15) is 12.8 Å². The molecule has 1 amide bonds. The minimum absolute atomic E-state index is 0.00910. The molecule has 0 aromatic carbocycles. The van der Waals surface area contributed by atoms with Gasteiger partial charge in [0.1, 0.15) is 0 Å². The molecule has 0 radical (unpaired) electrons. The lowest BCUT2D eigenvalue weighted by Gasteiger charge is -2.26. The summed E-state index contributed by atoms with van der Waals surface area (Å²) >= 11 is 5.97. The van der Waals surface area contributed by atoms with E-state index in [2.05, 4.69) is 12.6 Å². The van der Waals surface area contributed by atoms with Gasteiger partial charge >= 0.3 is 0 Å². The number of aliphatic hydroxyl groups excluding tert-OH is 1. The maximum atomic E-state index is 11.7. The monoisotopic (exact) mass is 249 g/mol. The number of likely N-dealkylation sites (tertiary alicyclic amines) is 1. The third kappa shape index (κ3) is 3.57. The molecule has 1 unspecified atom stereocenters. The first-order valence-electron chi connectivity index (χ1n) is 5.23. The maximum Gasteiger partial charge on any atom is 0.223 e. The van der Waals surface area contributed by atoms with Gasteiger partial charge in [0.05, 0.1) is 12.6 Å². The van der Waals surface area contributed by atoms with E-state index in [1.807, 2.05) is 11.2 Å². The Labute approximate surface area is 101 Å². The van der Waals surface area contributed by atoms with Gasteiger partial charge in [0, 0.05) is 13.0 Å². The summed E-state index contributed by atoms with van der Waals surface area (Å²) in [5.41, 5.74) is 0. The average molecular weight is 249 g/mol. The average Bonchev–Trinajstić information content (AvgIpc) is 2.61. The molecule has 0 aromatic rings. The van der Waals surface area contributed by atoms with E-state index in [4.69, 9.17) is 0 Å². The number of nitrogens with zero attached hydrogens (tertiary/aromatic N) is 1. The van der Waals surface area contributed by atoms with Gasteiger partial charge in [-0.05, 0) is 30.1 Å². The minimum atomic E-state index is 0.00910. The zero-order valence-corrected chi connectivity index (χ0v) is 10.8. The third-order valence-corrected chi connectivity index (χ3v) is 3.96. The van der Waals surface area contributed by atoms with E-state index in [0.29, 0.717) is 12.3 Å². The molecule has 1 saturated heterocycles. The second-order valence-electron chi connectivity index (χ2n) is 3.92. The number of thiol groups is 1. The van der Waals surface area contributed by atoms with Crippen LogP contribution in [0.5, 0.6) is 0 Å². The Morgan fingerprint density at radius 3 is 2.93 bits per heavy atom.